The molecule has 5 rings (SSSR count). The smallest absolute Gasteiger partial charge is 0.356 e. The van der Waals surface area contributed by atoms with Gasteiger partial charge in [-0.05, 0) is 33.6 Å². The number of halogens is 1. The maximum atomic E-state index is 14.3. The van der Waals surface area contributed by atoms with Crippen molar-refractivity contribution >= 4 is 68.7 Å². The molecule has 198 valence electrons. The van der Waals surface area contributed by atoms with E-state index in [4.69, 9.17) is 22.1 Å². The van der Waals surface area contributed by atoms with Gasteiger partial charge in [0, 0.05) is 6.89 Å². The van der Waals surface area contributed by atoms with Crippen molar-refractivity contribution in [3.8, 4) is 5.75 Å². The van der Waals surface area contributed by atoms with E-state index in [0.717, 1.165) is 21.5 Å². The Kier molecular flexibility index (Phi) is 8.31. The van der Waals surface area contributed by atoms with Crippen molar-refractivity contribution in [2.24, 2.45) is 0 Å². The van der Waals surface area contributed by atoms with Crippen LogP contribution in [-0.2, 0) is 20.9 Å². The highest BCUT2D eigenvalue weighted by Crippen LogP contribution is 2.49. The van der Waals surface area contributed by atoms with Gasteiger partial charge in [-0.15, -0.1) is 0 Å². The third-order valence-electron chi connectivity index (χ3n) is 6.69. The average molecular weight is 621 g/mol. The van der Waals surface area contributed by atoms with E-state index in [1.807, 2.05) is 115 Å². The van der Waals surface area contributed by atoms with Crippen LogP contribution in [-0.4, -0.2) is 39.5 Å². The van der Waals surface area contributed by atoms with Crippen LogP contribution in [0.15, 0.2) is 115 Å². The zero-order chi connectivity index (χ0) is 27.4. The monoisotopic (exact) mass is 619 g/mol. The maximum Gasteiger partial charge on any atom is 0.356 e. The van der Waals surface area contributed by atoms with Gasteiger partial charge in [0.25, 0.3) is 0 Å². The first kappa shape index (κ1) is 27.3. The van der Waals surface area contributed by atoms with Crippen LogP contribution in [0.5, 0.6) is 5.75 Å². The van der Waals surface area contributed by atoms with Gasteiger partial charge in [0.15, 0.2) is 0 Å². The van der Waals surface area contributed by atoms with E-state index in [1.165, 1.54) is 4.90 Å². The number of nitrogens with zero attached hydrogens (tertiary/aromatic N) is 1. The van der Waals surface area contributed by atoms with Crippen LogP contribution in [0.2, 0.25) is 0 Å². The number of β-lactam (4-membered cyclic amide) rings is 1. The second-order valence-electron chi connectivity index (χ2n) is 8.95. The Labute approximate surface area is 242 Å². The molecule has 5 nitrogen and oxygen atoms in total. The standard InChI is InChI=1S/C31H27BrNO4PS/c1-36-23-19-17-22(18-20-23)21-37-31(35)29(33-28(34)27(32)30(33)39)38(24-11-5-2-6-12-24,25-13-7-3-8-14-25)26-15-9-4-10-16-26/h2-20,27,30,39H,21H2,1H3. The van der Waals surface area contributed by atoms with Gasteiger partial charge in [0.2, 0.25) is 5.91 Å². The Morgan fingerprint density at radius 2 is 1.28 bits per heavy atom. The number of carbonyl (C=O) groups excluding carboxylic acids is 2. The minimum absolute atomic E-state index is 0.0434. The topological polar surface area (TPSA) is 55.8 Å². The fourth-order valence-corrected chi connectivity index (χ4v) is 10.0. The van der Waals surface area contributed by atoms with Crippen molar-refractivity contribution in [2.75, 3.05) is 7.11 Å². The minimum Gasteiger partial charge on any atom is -0.497 e. The number of thiol groups is 1. The largest absolute Gasteiger partial charge is 0.497 e. The summed E-state index contributed by atoms with van der Waals surface area (Å²) < 4.78 is 11.2. The van der Waals surface area contributed by atoms with E-state index < -0.39 is 23.1 Å². The second-order valence-corrected chi connectivity index (χ2v) is 13.8. The van der Waals surface area contributed by atoms with E-state index in [0.29, 0.717) is 11.2 Å². The quantitative estimate of drug-likeness (QED) is 0.102. The van der Waals surface area contributed by atoms with Crippen molar-refractivity contribution in [1.82, 2.24) is 4.90 Å². The zero-order valence-electron chi connectivity index (χ0n) is 21.2. The van der Waals surface area contributed by atoms with Crippen LogP contribution in [0.1, 0.15) is 5.56 Å². The predicted octanol–water partition coefficient (Wildman–Crippen LogP) is 4.72. The molecule has 0 N–H and O–H groups in total. The molecule has 4 aromatic rings. The third-order valence-corrected chi connectivity index (χ3v) is 12.8. The highest BCUT2D eigenvalue weighted by molar-refractivity contribution is 9.10. The number of hydrogen-bond acceptors (Lipinski definition) is 5. The summed E-state index contributed by atoms with van der Waals surface area (Å²) in [5.41, 5.74) is 1.11. The number of methoxy groups -OCH3 is 1. The maximum absolute atomic E-state index is 14.3. The number of ether oxygens (including phenoxy) is 2. The molecule has 0 spiro atoms. The first-order valence-corrected chi connectivity index (χ1v) is 15.6. The molecule has 2 atom stereocenters. The highest BCUT2D eigenvalue weighted by Gasteiger charge is 2.51. The van der Waals surface area contributed by atoms with Crippen molar-refractivity contribution in [1.29, 1.82) is 0 Å². The number of rotatable bonds is 8. The first-order valence-electron chi connectivity index (χ1n) is 12.4. The van der Waals surface area contributed by atoms with Crippen LogP contribution in [0.3, 0.4) is 0 Å². The molecular weight excluding hydrogens is 593 g/mol. The number of hydrogen-bond donors (Lipinski definition) is 1. The summed E-state index contributed by atoms with van der Waals surface area (Å²) in [6.07, 6.45) is 0. The van der Waals surface area contributed by atoms with E-state index in [9.17, 15) is 9.59 Å². The van der Waals surface area contributed by atoms with Crippen molar-refractivity contribution in [3.63, 3.8) is 0 Å². The number of likely N-dealkylation sites (tertiary alicyclic amines) is 1. The molecule has 1 aliphatic rings. The molecule has 1 saturated heterocycles. The van der Waals surface area contributed by atoms with Gasteiger partial charge in [-0.1, -0.05) is 119 Å². The fraction of sp³-hybridized carbons (Fsp3) is 0.129. The van der Waals surface area contributed by atoms with Gasteiger partial charge >= 0.3 is 5.97 Å². The van der Waals surface area contributed by atoms with Crippen LogP contribution >= 0.6 is 35.4 Å². The molecule has 4 aromatic carbocycles. The third kappa shape index (κ3) is 5.07. The highest BCUT2D eigenvalue weighted by atomic mass is 79.9. The molecule has 1 heterocycles. The summed E-state index contributed by atoms with van der Waals surface area (Å²) in [7, 11) is 1.60. The molecule has 8 heteroatoms. The van der Waals surface area contributed by atoms with Gasteiger partial charge in [-0.25, -0.2) is 4.79 Å². The first-order chi connectivity index (χ1) is 19.0. The Hall–Kier alpha value is -3.25. The molecule has 2 unspecified atom stereocenters. The molecule has 0 aliphatic carbocycles. The number of benzene rings is 4. The zero-order valence-corrected chi connectivity index (χ0v) is 24.6. The van der Waals surface area contributed by atoms with Crippen molar-refractivity contribution in [2.45, 2.75) is 16.8 Å². The molecule has 0 saturated carbocycles. The summed E-state index contributed by atoms with van der Waals surface area (Å²) in [5, 5.41) is 2.28. The normalized spacial score (nSPS) is 16.8. The van der Waals surface area contributed by atoms with Gasteiger partial charge in [0.05, 0.1) is 7.11 Å². The SMILES string of the molecule is COc1ccc(COC(=O)C(N2C(=O)C(Br)C2S)=P(c2ccccc2)(c2ccccc2)c2ccccc2)cc1. The number of carbonyl (C=O) groups is 2. The summed E-state index contributed by atoms with van der Waals surface area (Å²) in [6, 6.07) is 37.1. The summed E-state index contributed by atoms with van der Waals surface area (Å²) in [6.45, 7) is -2.88. The van der Waals surface area contributed by atoms with Crippen LogP contribution in [0.4, 0.5) is 0 Å². The van der Waals surface area contributed by atoms with Crippen LogP contribution in [0.25, 0.3) is 0 Å². The van der Waals surface area contributed by atoms with Crippen LogP contribution < -0.4 is 20.7 Å². The van der Waals surface area contributed by atoms with Gasteiger partial charge in [-0.2, -0.15) is 12.6 Å². The summed E-state index contributed by atoms with van der Waals surface area (Å²) in [5.74, 6) is -0.0620. The molecule has 0 aromatic heterocycles. The lowest BCUT2D eigenvalue weighted by molar-refractivity contribution is -0.142. The Balaban J connectivity index is 1.80. The Morgan fingerprint density at radius 3 is 1.69 bits per heavy atom. The van der Waals surface area contributed by atoms with Gasteiger partial charge in [-0.3, -0.25) is 9.69 Å². The Bertz CT molecular complexity index is 1410. The minimum atomic E-state index is -2.92. The molecular formula is C31H27BrNO4PS. The van der Waals surface area contributed by atoms with Gasteiger partial charge in [0.1, 0.15) is 28.0 Å². The lowest BCUT2D eigenvalue weighted by atomic mass is 10.2. The molecule has 39 heavy (non-hydrogen) atoms. The van der Waals surface area contributed by atoms with E-state index in [2.05, 4.69) is 15.9 Å². The van der Waals surface area contributed by atoms with Crippen LogP contribution in [0, 0.1) is 0 Å². The van der Waals surface area contributed by atoms with E-state index in [1.54, 1.807) is 7.11 Å². The Morgan fingerprint density at radius 1 is 0.821 bits per heavy atom. The lowest BCUT2D eigenvalue weighted by Gasteiger charge is -2.45. The lowest BCUT2D eigenvalue weighted by Crippen LogP contribution is -2.64. The average Bonchev–Trinajstić information content (AvgIpc) is 3.01. The summed E-state index contributed by atoms with van der Waals surface area (Å²) >= 11 is 8.17. The molecule has 0 bridgehead atoms. The fourth-order valence-electron chi connectivity index (χ4n) is 4.77. The second kappa shape index (κ2) is 11.9. The number of esters is 1. The predicted molar refractivity (Wildman–Crippen MR) is 165 cm³/mol. The number of alkyl halides is 1. The molecule has 1 aliphatic heterocycles. The van der Waals surface area contributed by atoms with Gasteiger partial charge < -0.3 is 9.47 Å². The summed E-state index contributed by atoms with van der Waals surface area (Å²) in [4.78, 5) is 28.8. The van der Waals surface area contributed by atoms with Crippen molar-refractivity contribution < 1.29 is 19.1 Å². The van der Waals surface area contributed by atoms with E-state index in [-0.39, 0.29) is 12.5 Å². The van der Waals surface area contributed by atoms with E-state index >= 15 is 0 Å². The van der Waals surface area contributed by atoms with Crippen molar-refractivity contribution in [3.05, 3.63) is 121 Å². The molecule has 1 amide bonds. The molecule has 0 radical (unpaired) electrons. The number of amides is 1. The molecule has 1 fully saturated rings.